The number of nitrogens with one attached hydrogen (secondary N) is 1. The molecule has 0 radical (unpaired) electrons. The second-order valence-electron chi connectivity index (χ2n) is 6.44. The summed E-state index contributed by atoms with van der Waals surface area (Å²) in [6, 6.07) is 13.3. The smallest absolute Gasteiger partial charge is 0.265 e. The quantitative estimate of drug-likeness (QED) is 0.780. The van der Waals surface area contributed by atoms with Gasteiger partial charge in [-0.25, -0.2) is 0 Å². The number of benzene rings is 2. The molecule has 0 aliphatic carbocycles. The molecule has 2 aromatic rings. The molecular weight excluding hydrogens is 314 g/mol. The minimum Gasteiger partial charge on any atom is -0.491 e. The summed E-state index contributed by atoms with van der Waals surface area (Å²) in [5, 5.41) is 2.91. The first-order chi connectivity index (χ1) is 11.9. The molecule has 1 atom stereocenters. The predicted molar refractivity (Wildman–Crippen MR) is 101 cm³/mol. The molecule has 0 aliphatic heterocycles. The van der Waals surface area contributed by atoms with Crippen molar-refractivity contribution < 1.29 is 14.3 Å². The van der Waals surface area contributed by atoms with Crippen LogP contribution >= 0.6 is 0 Å². The second-order valence-corrected chi connectivity index (χ2v) is 6.44. The highest BCUT2D eigenvalue weighted by atomic mass is 16.5. The van der Waals surface area contributed by atoms with Crippen LogP contribution in [0.2, 0.25) is 0 Å². The Morgan fingerprint density at radius 1 is 1.00 bits per heavy atom. The normalized spacial score (nSPS) is 11.9. The van der Waals surface area contributed by atoms with Gasteiger partial charge in [0, 0.05) is 11.8 Å². The molecule has 4 nitrogen and oxygen atoms in total. The van der Waals surface area contributed by atoms with E-state index in [1.54, 1.807) is 0 Å². The Labute approximate surface area is 150 Å². The summed E-state index contributed by atoms with van der Waals surface area (Å²) in [6.07, 6.45) is 0.125. The number of anilines is 1. The SMILES string of the molecule is CCC(Oc1ccc(C)c(C)c1)C(=O)Nc1cccc(OC(C)C)c1. The van der Waals surface area contributed by atoms with E-state index in [2.05, 4.69) is 12.2 Å². The van der Waals surface area contributed by atoms with E-state index < -0.39 is 6.10 Å². The Kier molecular flexibility index (Phi) is 6.45. The van der Waals surface area contributed by atoms with Crippen LogP contribution in [0.3, 0.4) is 0 Å². The Morgan fingerprint density at radius 3 is 2.36 bits per heavy atom. The average Bonchev–Trinajstić information content (AvgIpc) is 2.55. The monoisotopic (exact) mass is 341 g/mol. The zero-order valence-corrected chi connectivity index (χ0v) is 15.6. The summed E-state index contributed by atoms with van der Waals surface area (Å²) < 4.78 is 11.5. The first-order valence-electron chi connectivity index (χ1n) is 8.70. The van der Waals surface area contributed by atoms with Gasteiger partial charge in [-0.2, -0.15) is 0 Å². The van der Waals surface area contributed by atoms with Gasteiger partial charge < -0.3 is 14.8 Å². The Balaban J connectivity index is 2.05. The number of hydrogen-bond donors (Lipinski definition) is 1. The van der Waals surface area contributed by atoms with Crippen molar-refractivity contribution in [3.05, 3.63) is 53.6 Å². The van der Waals surface area contributed by atoms with Crippen molar-refractivity contribution in [2.75, 3.05) is 5.32 Å². The third-order valence-corrected chi connectivity index (χ3v) is 3.89. The minimum atomic E-state index is -0.545. The lowest BCUT2D eigenvalue weighted by molar-refractivity contribution is -0.122. The maximum absolute atomic E-state index is 12.6. The van der Waals surface area contributed by atoms with Crippen molar-refractivity contribution in [1.82, 2.24) is 0 Å². The van der Waals surface area contributed by atoms with Crippen LogP contribution < -0.4 is 14.8 Å². The molecule has 4 heteroatoms. The van der Waals surface area contributed by atoms with Gasteiger partial charge in [-0.15, -0.1) is 0 Å². The lowest BCUT2D eigenvalue weighted by Crippen LogP contribution is -2.32. The fraction of sp³-hybridized carbons (Fsp3) is 0.381. The van der Waals surface area contributed by atoms with E-state index >= 15 is 0 Å². The van der Waals surface area contributed by atoms with E-state index in [1.165, 1.54) is 5.56 Å². The Morgan fingerprint density at radius 2 is 1.72 bits per heavy atom. The number of amides is 1. The molecule has 0 aliphatic rings. The molecule has 0 aromatic heterocycles. The number of carbonyl (C=O) groups is 1. The third kappa shape index (κ3) is 5.52. The van der Waals surface area contributed by atoms with E-state index in [9.17, 15) is 4.79 Å². The molecule has 0 heterocycles. The molecule has 0 saturated carbocycles. The highest BCUT2D eigenvalue weighted by Crippen LogP contribution is 2.21. The van der Waals surface area contributed by atoms with Crippen LogP contribution in [0.15, 0.2) is 42.5 Å². The number of aryl methyl sites for hydroxylation is 2. The lowest BCUT2D eigenvalue weighted by Gasteiger charge is -2.18. The third-order valence-electron chi connectivity index (χ3n) is 3.89. The van der Waals surface area contributed by atoms with Crippen molar-refractivity contribution in [2.45, 2.75) is 53.2 Å². The van der Waals surface area contributed by atoms with Gasteiger partial charge in [-0.1, -0.05) is 19.1 Å². The van der Waals surface area contributed by atoms with E-state index in [4.69, 9.17) is 9.47 Å². The maximum Gasteiger partial charge on any atom is 0.265 e. The molecule has 1 unspecified atom stereocenters. The highest BCUT2D eigenvalue weighted by molar-refractivity contribution is 5.94. The van der Waals surface area contributed by atoms with Crippen LogP contribution in [0.4, 0.5) is 5.69 Å². The van der Waals surface area contributed by atoms with E-state index in [-0.39, 0.29) is 12.0 Å². The van der Waals surface area contributed by atoms with Gasteiger partial charge in [0.25, 0.3) is 5.91 Å². The summed E-state index contributed by atoms with van der Waals surface area (Å²) >= 11 is 0. The number of carbonyl (C=O) groups excluding carboxylic acids is 1. The van der Waals surface area contributed by atoms with Crippen molar-refractivity contribution in [1.29, 1.82) is 0 Å². The van der Waals surface area contributed by atoms with Crippen LogP contribution in [0.1, 0.15) is 38.3 Å². The van der Waals surface area contributed by atoms with E-state index in [1.807, 2.05) is 70.2 Å². The molecule has 0 spiro atoms. The lowest BCUT2D eigenvalue weighted by atomic mass is 10.1. The van der Waals surface area contributed by atoms with Gasteiger partial charge in [-0.3, -0.25) is 4.79 Å². The summed E-state index contributed by atoms with van der Waals surface area (Å²) in [5.41, 5.74) is 3.04. The van der Waals surface area contributed by atoms with Gasteiger partial charge in [0.2, 0.25) is 0 Å². The zero-order valence-electron chi connectivity index (χ0n) is 15.6. The predicted octanol–water partition coefficient (Wildman–Crippen LogP) is 4.89. The Hall–Kier alpha value is -2.49. The van der Waals surface area contributed by atoms with Gasteiger partial charge in [-0.05, 0) is 69.5 Å². The topological polar surface area (TPSA) is 47.6 Å². The molecule has 2 aromatic carbocycles. The van der Waals surface area contributed by atoms with E-state index in [0.29, 0.717) is 17.9 Å². The molecular formula is C21H27NO3. The molecule has 0 fully saturated rings. The fourth-order valence-electron chi connectivity index (χ4n) is 2.42. The van der Waals surface area contributed by atoms with Gasteiger partial charge >= 0.3 is 0 Å². The molecule has 134 valence electrons. The van der Waals surface area contributed by atoms with Crippen LogP contribution in [-0.2, 0) is 4.79 Å². The number of ether oxygens (including phenoxy) is 2. The summed E-state index contributed by atoms with van der Waals surface area (Å²) in [4.78, 5) is 12.6. The Bertz CT molecular complexity index is 725. The summed E-state index contributed by atoms with van der Waals surface area (Å²) in [6.45, 7) is 9.95. The summed E-state index contributed by atoms with van der Waals surface area (Å²) in [5.74, 6) is 1.28. The molecule has 1 amide bonds. The fourth-order valence-corrected chi connectivity index (χ4v) is 2.42. The number of hydrogen-bond acceptors (Lipinski definition) is 3. The molecule has 0 saturated heterocycles. The molecule has 2 rings (SSSR count). The maximum atomic E-state index is 12.6. The van der Waals surface area contributed by atoms with Crippen LogP contribution in [-0.4, -0.2) is 18.1 Å². The molecule has 0 bridgehead atoms. The second kappa shape index (κ2) is 8.56. The minimum absolute atomic E-state index is 0.0856. The van der Waals surface area contributed by atoms with Crippen LogP contribution in [0.5, 0.6) is 11.5 Å². The van der Waals surface area contributed by atoms with Crippen molar-refractivity contribution in [3.63, 3.8) is 0 Å². The first-order valence-corrected chi connectivity index (χ1v) is 8.70. The van der Waals surface area contributed by atoms with E-state index in [0.717, 1.165) is 11.3 Å². The largest absolute Gasteiger partial charge is 0.491 e. The average molecular weight is 341 g/mol. The van der Waals surface area contributed by atoms with Crippen molar-refractivity contribution >= 4 is 11.6 Å². The van der Waals surface area contributed by atoms with Crippen LogP contribution in [0.25, 0.3) is 0 Å². The highest BCUT2D eigenvalue weighted by Gasteiger charge is 2.19. The van der Waals surface area contributed by atoms with Crippen molar-refractivity contribution in [3.8, 4) is 11.5 Å². The molecule has 25 heavy (non-hydrogen) atoms. The zero-order chi connectivity index (χ0) is 18.4. The summed E-state index contributed by atoms with van der Waals surface area (Å²) in [7, 11) is 0. The standard InChI is InChI=1S/C21H27NO3/c1-6-20(25-19-11-10-15(4)16(5)12-19)21(23)22-17-8-7-9-18(13-17)24-14(2)3/h7-14,20H,6H2,1-5H3,(H,22,23). The van der Waals surface area contributed by atoms with Gasteiger partial charge in [0.05, 0.1) is 6.10 Å². The van der Waals surface area contributed by atoms with Gasteiger partial charge in [0.1, 0.15) is 11.5 Å². The van der Waals surface area contributed by atoms with Crippen LogP contribution in [0, 0.1) is 13.8 Å². The van der Waals surface area contributed by atoms with Gasteiger partial charge in [0.15, 0.2) is 6.10 Å². The first kappa shape index (κ1) is 18.8. The number of rotatable bonds is 7. The molecule has 1 N–H and O–H groups in total. The van der Waals surface area contributed by atoms with Crippen molar-refractivity contribution in [2.24, 2.45) is 0 Å².